The lowest BCUT2D eigenvalue weighted by Crippen LogP contribution is -2.17. The molecule has 0 aliphatic rings. The highest BCUT2D eigenvalue weighted by Gasteiger charge is 2.15. The van der Waals surface area contributed by atoms with Gasteiger partial charge in [0.2, 0.25) is 0 Å². The van der Waals surface area contributed by atoms with Gasteiger partial charge in [0.1, 0.15) is 5.75 Å². The zero-order chi connectivity index (χ0) is 15.4. The number of halogens is 1. The van der Waals surface area contributed by atoms with Crippen LogP contribution in [-0.2, 0) is 12.8 Å². The third-order valence-corrected chi connectivity index (χ3v) is 3.68. The van der Waals surface area contributed by atoms with Crippen LogP contribution in [0.4, 0.5) is 0 Å². The highest BCUT2D eigenvalue weighted by atomic mass is 35.5. The van der Waals surface area contributed by atoms with Crippen molar-refractivity contribution in [3.8, 4) is 5.75 Å². The molecule has 2 N–H and O–H groups in total. The molecule has 0 spiro atoms. The molecule has 1 atom stereocenters. The van der Waals surface area contributed by atoms with Crippen molar-refractivity contribution < 1.29 is 4.74 Å². The summed E-state index contributed by atoms with van der Waals surface area (Å²) in [4.78, 5) is 0. The molecule has 5 heteroatoms. The van der Waals surface area contributed by atoms with E-state index in [1.807, 2.05) is 31.2 Å². The largest absolute Gasteiger partial charge is 0.496 e. The molecule has 0 amide bonds. The molecule has 0 radical (unpaired) electrons. The van der Waals surface area contributed by atoms with Crippen LogP contribution in [0.2, 0.25) is 5.02 Å². The Kier molecular flexibility index (Phi) is 5.15. The molecule has 0 saturated heterocycles. The zero-order valence-electron chi connectivity index (χ0n) is 12.6. The number of methoxy groups -OCH3 is 1. The molecule has 1 aromatic heterocycles. The predicted octanol–water partition coefficient (Wildman–Crippen LogP) is 3.25. The van der Waals surface area contributed by atoms with Crippen LogP contribution in [0, 0.1) is 6.92 Å². The molecule has 0 aliphatic carbocycles. The molecule has 1 heterocycles. The van der Waals surface area contributed by atoms with Gasteiger partial charge in [0.15, 0.2) is 0 Å². The first-order valence-corrected chi connectivity index (χ1v) is 7.34. The van der Waals surface area contributed by atoms with Gasteiger partial charge in [-0.1, -0.05) is 18.5 Å². The van der Waals surface area contributed by atoms with Crippen LogP contribution in [0.15, 0.2) is 24.3 Å². The Bertz CT molecular complexity index is 631. The first-order chi connectivity index (χ1) is 10.0. The van der Waals surface area contributed by atoms with Crippen molar-refractivity contribution in [1.82, 2.24) is 10.2 Å². The highest BCUT2D eigenvalue weighted by Crippen LogP contribution is 2.27. The number of benzene rings is 1. The topological polar surface area (TPSA) is 61.0 Å². The number of ether oxygens (including phenoxy) is 1. The van der Waals surface area contributed by atoms with E-state index in [0.717, 1.165) is 34.7 Å². The minimum Gasteiger partial charge on any atom is -0.496 e. The number of hydrogen-bond donors (Lipinski definition) is 1. The fourth-order valence-corrected chi connectivity index (χ4v) is 2.58. The lowest BCUT2D eigenvalue weighted by Gasteiger charge is -2.17. The molecule has 2 aromatic rings. The molecular weight excluding hydrogens is 286 g/mol. The van der Waals surface area contributed by atoms with Gasteiger partial charge >= 0.3 is 0 Å². The summed E-state index contributed by atoms with van der Waals surface area (Å²) in [6, 6.07) is 7.41. The maximum absolute atomic E-state index is 6.38. The third-order valence-electron chi connectivity index (χ3n) is 3.44. The van der Waals surface area contributed by atoms with Crippen LogP contribution in [0.3, 0.4) is 0 Å². The van der Waals surface area contributed by atoms with Crippen LogP contribution in [0.1, 0.15) is 35.5 Å². The van der Waals surface area contributed by atoms with E-state index >= 15 is 0 Å². The Hall–Kier alpha value is -1.65. The van der Waals surface area contributed by atoms with E-state index in [0.29, 0.717) is 11.4 Å². The second kappa shape index (κ2) is 6.87. The minimum absolute atomic E-state index is 0.165. The highest BCUT2D eigenvalue weighted by molar-refractivity contribution is 6.30. The minimum atomic E-state index is -0.165. The first-order valence-electron chi connectivity index (χ1n) is 6.96. The molecular formula is C16H20ClN3O. The van der Waals surface area contributed by atoms with E-state index in [1.54, 1.807) is 7.11 Å². The maximum Gasteiger partial charge on any atom is 0.122 e. The molecule has 1 aromatic carbocycles. The van der Waals surface area contributed by atoms with E-state index in [9.17, 15) is 0 Å². The molecule has 0 bridgehead atoms. The van der Waals surface area contributed by atoms with Crippen molar-refractivity contribution >= 4 is 11.6 Å². The molecule has 2 rings (SSSR count). The standard InChI is InChI=1S/C16H20ClN3O/c1-4-15-13(7-10(2)19-20-15)14(18)9-11-8-12(17)5-6-16(11)21-3/h5-8,14H,4,9,18H2,1-3H3. The fraction of sp³-hybridized carbons (Fsp3) is 0.375. The summed E-state index contributed by atoms with van der Waals surface area (Å²) in [6.07, 6.45) is 1.45. The fourth-order valence-electron chi connectivity index (χ4n) is 2.38. The Morgan fingerprint density at radius 3 is 2.71 bits per heavy atom. The lowest BCUT2D eigenvalue weighted by molar-refractivity contribution is 0.408. The SMILES string of the molecule is CCc1nnc(C)cc1C(N)Cc1cc(Cl)ccc1OC. The number of nitrogens with two attached hydrogens (primary N) is 1. The van der Waals surface area contributed by atoms with E-state index in [1.165, 1.54) is 0 Å². The average Bonchev–Trinajstić information content (AvgIpc) is 2.47. The normalized spacial score (nSPS) is 12.2. The molecule has 4 nitrogen and oxygen atoms in total. The van der Waals surface area contributed by atoms with Crippen LogP contribution in [0.5, 0.6) is 5.75 Å². The molecule has 0 fully saturated rings. The summed E-state index contributed by atoms with van der Waals surface area (Å²) < 4.78 is 5.38. The van der Waals surface area contributed by atoms with Gasteiger partial charge < -0.3 is 10.5 Å². The molecule has 0 saturated carbocycles. The van der Waals surface area contributed by atoms with Crippen molar-refractivity contribution in [1.29, 1.82) is 0 Å². The molecule has 112 valence electrons. The van der Waals surface area contributed by atoms with Crippen molar-refractivity contribution in [2.24, 2.45) is 5.73 Å². The van der Waals surface area contributed by atoms with Crippen LogP contribution in [-0.4, -0.2) is 17.3 Å². The third kappa shape index (κ3) is 3.71. The Balaban J connectivity index is 2.31. The van der Waals surface area contributed by atoms with Crippen molar-refractivity contribution in [2.75, 3.05) is 7.11 Å². The average molecular weight is 306 g/mol. The monoisotopic (exact) mass is 305 g/mol. The number of rotatable bonds is 5. The van der Waals surface area contributed by atoms with E-state index < -0.39 is 0 Å². The van der Waals surface area contributed by atoms with Crippen molar-refractivity contribution in [3.63, 3.8) is 0 Å². The lowest BCUT2D eigenvalue weighted by atomic mass is 9.97. The van der Waals surface area contributed by atoms with Gasteiger partial charge in [-0.2, -0.15) is 10.2 Å². The van der Waals surface area contributed by atoms with E-state index in [4.69, 9.17) is 22.1 Å². The van der Waals surface area contributed by atoms with Gasteiger partial charge in [-0.25, -0.2) is 0 Å². The van der Waals surface area contributed by atoms with Crippen LogP contribution >= 0.6 is 11.6 Å². The van der Waals surface area contributed by atoms with Crippen LogP contribution in [0.25, 0.3) is 0 Å². The zero-order valence-corrected chi connectivity index (χ0v) is 13.3. The summed E-state index contributed by atoms with van der Waals surface area (Å²) in [7, 11) is 1.65. The molecule has 21 heavy (non-hydrogen) atoms. The summed E-state index contributed by atoms with van der Waals surface area (Å²) in [5.74, 6) is 0.798. The summed E-state index contributed by atoms with van der Waals surface area (Å²) in [5.41, 5.74) is 10.2. The van der Waals surface area contributed by atoms with Gasteiger partial charge in [-0.3, -0.25) is 0 Å². The summed E-state index contributed by atoms with van der Waals surface area (Å²) in [5, 5.41) is 9.01. The number of aryl methyl sites for hydroxylation is 2. The second-order valence-electron chi connectivity index (χ2n) is 5.01. The van der Waals surface area contributed by atoms with Gasteiger partial charge in [0.05, 0.1) is 18.5 Å². The smallest absolute Gasteiger partial charge is 0.122 e. The maximum atomic E-state index is 6.38. The Labute approximate surface area is 130 Å². The van der Waals surface area contributed by atoms with E-state index in [-0.39, 0.29) is 6.04 Å². The van der Waals surface area contributed by atoms with Crippen molar-refractivity contribution in [3.05, 3.63) is 51.8 Å². The van der Waals surface area contributed by atoms with Gasteiger partial charge in [-0.05, 0) is 55.2 Å². The predicted molar refractivity (Wildman–Crippen MR) is 84.8 cm³/mol. The quantitative estimate of drug-likeness (QED) is 0.921. The first kappa shape index (κ1) is 15.7. The Morgan fingerprint density at radius 1 is 1.29 bits per heavy atom. The van der Waals surface area contributed by atoms with Crippen LogP contribution < -0.4 is 10.5 Å². The number of hydrogen-bond acceptors (Lipinski definition) is 4. The van der Waals surface area contributed by atoms with E-state index in [2.05, 4.69) is 17.1 Å². The second-order valence-corrected chi connectivity index (χ2v) is 5.44. The van der Waals surface area contributed by atoms with Crippen molar-refractivity contribution in [2.45, 2.75) is 32.7 Å². The Morgan fingerprint density at radius 2 is 2.05 bits per heavy atom. The summed E-state index contributed by atoms with van der Waals surface area (Å²) in [6.45, 7) is 3.97. The molecule has 1 unspecified atom stereocenters. The summed E-state index contributed by atoms with van der Waals surface area (Å²) >= 11 is 6.07. The van der Waals surface area contributed by atoms with Gasteiger partial charge in [0.25, 0.3) is 0 Å². The van der Waals surface area contributed by atoms with Gasteiger partial charge in [0, 0.05) is 11.1 Å². The number of aromatic nitrogens is 2. The molecule has 0 aliphatic heterocycles. The number of nitrogens with zero attached hydrogens (tertiary/aromatic N) is 2. The van der Waals surface area contributed by atoms with Gasteiger partial charge in [-0.15, -0.1) is 0 Å².